The van der Waals surface area contributed by atoms with Gasteiger partial charge in [0.15, 0.2) is 0 Å². The SMILES string of the molecule is c1cc(-c2ccc3ccccc3c2)cc(N(c2cc(-c3cccc4ccccc34)ccc2-c2cccc3ccccc23)c2cccc3ccccc23)c1. The van der Waals surface area contributed by atoms with Crippen LogP contribution in [0.4, 0.5) is 17.1 Å². The summed E-state index contributed by atoms with van der Waals surface area (Å²) in [5, 5.41) is 9.83. The van der Waals surface area contributed by atoms with Crippen molar-refractivity contribution in [3.63, 3.8) is 0 Å². The predicted octanol–water partition coefficient (Wildman–Crippen LogP) is 14.8. The van der Waals surface area contributed by atoms with Crippen LogP contribution < -0.4 is 4.90 Å². The van der Waals surface area contributed by atoms with Gasteiger partial charge in [0.2, 0.25) is 0 Å². The number of fused-ring (bicyclic) bond motifs is 4. The predicted molar refractivity (Wildman–Crippen MR) is 227 cm³/mol. The van der Waals surface area contributed by atoms with E-state index in [-0.39, 0.29) is 0 Å². The molecule has 0 saturated heterocycles. The van der Waals surface area contributed by atoms with E-state index in [0.717, 1.165) is 17.1 Å². The molecule has 0 heterocycles. The van der Waals surface area contributed by atoms with E-state index in [1.807, 2.05) is 0 Å². The molecule has 248 valence electrons. The molecule has 0 radical (unpaired) electrons. The van der Waals surface area contributed by atoms with Crippen LogP contribution in [-0.2, 0) is 0 Å². The van der Waals surface area contributed by atoms with Crippen LogP contribution in [-0.4, -0.2) is 0 Å². The summed E-state index contributed by atoms with van der Waals surface area (Å²) in [7, 11) is 0. The fourth-order valence-electron chi connectivity index (χ4n) is 8.05. The highest BCUT2D eigenvalue weighted by atomic mass is 15.1. The first kappa shape index (κ1) is 30.8. The third kappa shape index (κ3) is 5.51. The molecule has 0 aliphatic carbocycles. The first-order valence-corrected chi connectivity index (χ1v) is 18.3. The van der Waals surface area contributed by atoms with Gasteiger partial charge in [-0.25, -0.2) is 0 Å². The Hall–Kier alpha value is -6.96. The van der Waals surface area contributed by atoms with E-state index >= 15 is 0 Å². The fraction of sp³-hybridized carbons (Fsp3) is 0. The van der Waals surface area contributed by atoms with E-state index in [4.69, 9.17) is 0 Å². The van der Waals surface area contributed by atoms with Crippen LogP contribution in [0.15, 0.2) is 212 Å². The summed E-state index contributed by atoms with van der Waals surface area (Å²) in [5.41, 5.74) is 10.5. The third-order valence-electron chi connectivity index (χ3n) is 10.6. The summed E-state index contributed by atoms with van der Waals surface area (Å²) in [6.07, 6.45) is 0. The number of hydrogen-bond donors (Lipinski definition) is 0. The van der Waals surface area contributed by atoms with E-state index in [2.05, 4.69) is 217 Å². The molecule has 1 heteroatoms. The summed E-state index contributed by atoms with van der Waals surface area (Å²) >= 11 is 0. The Kier molecular flexibility index (Phi) is 7.55. The van der Waals surface area contributed by atoms with Crippen LogP contribution in [0.5, 0.6) is 0 Å². The van der Waals surface area contributed by atoms with Crippen molar-refractivity contribution >= 4 is 60.2 Å². The van der Waals surface area contributed by atoms with E-state index in [9.17, 15) is 0 Å². The maximum atomic E-state index is 2.48. The maximum absolute atomic E-state index is 2.48. The van der Waals surface area contributed by atoms with Gasteiger partial charge < -0.3 is 4.90 Å². The minimum absolute atomic E-state index is 1.10. The summed E-state index contributed by atoms with van der Waals surface area (Å²) in [5.74, 6) is 0. The van der Waals surface area contributed by atoms with Gasteiger partial charge in [0.1, 0.15) is 0 Å². The van der Waals surface area contributed by atoms with E-state index in [1.165, 1.54) is 76.5 Å². The molecular formula is C52H35N. The Bertz CT molecular complexity index is 2960. The van der Waals surface area contributed by atoms with Crippen molar-refractivity contribution in [1.82, 2.24) is 0 Å². The molecule has 10 aromatic rings. The van der Waals surface area contributed by atoms with Gasteiger partial charge in [-0.05, 0) is 95.9 Å². The Labute approximate surface area is 309 Å². The highest BCUT2D eigenvalue weighted by Gasteiger charge is 2.22. The number of hydrogen-bond acceptors (Lipinski definition) is 1. The van der Waals surface area contributed by atoms with Crippen molar-refractivity contribution in [3.05, 3.63) is 212 Å². The summed E-state index contributed by atoms with van der Waals surface area (Å²) in [6, 6.07) is 77.5. The first-order valence-electron chi connectivity index (χ1n) is 18.3. The molecule has 0 bridgehead atoms. The molecule has 0 saturated carbocycles. The fourth-order valence-corrected chi connectivity index (χ4v) is 8.05. The van der Waals surface area contributed by atoms with Crippen LogP contribution >= 0.6 is 0 Å². The lowest BCUT2D eigenvalue weighted by molar-refractivity contribution is 1.30. The van der Waals surface area contributed by atoms with Crippen LogP contribution in [0.2, 0.25) is 0 Å². The highest BCUT2D eigenvalue weighted by molar-refractivity contribution is 6.07. The number of anilines is 3. The molecule has 0 N–H and O–H groups in total. The van der Waals surface area contributed by atoms with Crippen molar-refractivity contribution in [2.24, 2.45) is 0 Å². The zero-order chi connectivity index (χ0) is 35.1. The Morgan fingerprint density at radius 1 is 0.245 bits per heavy atom. The second-order valence-corrected chi connectivity index (χ2v) is 13.7. The molecule has 0 spiro atoms. The average Bonchev–Trinajstić information content (AvgIpc) is 3.23. The Morgan fingerprint density at radius 2 is 0.774 bits per heavy atom. The quantitative estimate of drug-likeness (QED) is 0.170. The summed E-state index contributed by atoms with van der Waals surface area (Å²) in [6.45, 7) is 0. The number of rotatable bonds is 6. The van der Waals surface area contributed by atoms with Crippen molar-refractivity contribution in [3.8, 4) is 33.4 Å². The second kappa shape index (κ2) is 13.0. The van der Waals surface area contributed by atoms with Crippen molar-refractivity contribution in [2.75, 3.05) is 4.90 Å². The lowest BCUT2D eigenvalue weighted by atomic mass is 9.91. The van der Waals surface area contributed by atoms with Crippen LogP contribution in [0.1, 0.15) is 0 Å². The van der Waals surface area contributed by atoms with E-state index in [1.54, 1.807) is 0 Å². The lowest BCUT2D eigenvalue weighted by Crippen LogP contribution is -2.12. The second-order valence-electron chi connectivity index (χ2n) is 13.7. The molecule has 0 aliphatic heterocycles. The zero-order valence-corrected chi connectivity index (χ0v) is 29.2. The zero-order valence-electron chi connectivity index (χ0n) is 29.2. The molecule has 0 amide bonds. The minimum atomic E-state index is 1.10. The molecule has 10 rings (SSSR count). The molecule has 0 atom stereocenters. The highest BCUT2D eigenvalue weighted by Crippen LogP contribution is 2.47. The van der Waals surface area contributed by atoms with Crippen LogP contribution in [0.25, 0.3) is 76.5 Å². The van der Waals surface area contributed by atoms with Gasteiger partial charge >= 0.3 is 0 Å². The summed E-state index contributed by atoms with van der Waals surface area (Å²) in [4.78, 5) is 2.48. The van der Waals surface area contributed by atoms with Crippen molar-refractivity contribution < 1.29 is 0 Å². The van der Waals surface area contributed by atoms with Crippen LogP contribution in [0, 0.1) is 0 Å². The average molecular weight is 674 g/mol. The topological polar surface area (TPSA) is 3.24 Å². The van der Waals surface area contributed by atoms with Gasteiger partial charge in [0, 0.05) is 16.6 Å². The van der Waals surface area contributed by atoms with Crippen molar-refractivity contribution in [2.45, 2.75) is 0 Å². The van der Waals surface area contributed by atoms with Gasteiger partial charge in [0.25, 0.3) is 0 Å². The normalized spacial score (nSPS) is 11.4. The van der Waals surface area contributed by atoms with Gasteiger partial charge in [-0.3, -0.25) is 0 Å². The maximum Gasteiger partial charge on any atom is 0.0546 e. The molecule has 1 nitrogen and oxygen atoms in total. The lowest BCUT2D eigenvalue weighted by Gasteiger charge is -2.30. The number of nitrogens with zero attached hydrogens (tertiary/aromatic N) is 1. The van der Waals surface area contributed by atoms with Crippen LogP contribution in [0.3, 0.4) is 0 Å². The monoisotopic (exact) mass is 673 g/mol. The molecule has 53 heavy (non-hydrogen) atoms. The third-order valence-corrected chi connectivity index (χ3v) is 10.6. The van der Waals surface area contributed by atoms with Gasteiger partial charge in [-0.1, -0.05) is 182 Å². The van der Waals surface area contributed by atoms with Gasteiger partial charge in [0.05, 0.1) is 11.4 Å². The molecule has 10 aromatic carbocycles. The minimum Gasteiger partial charge on any atom is -0.309 e. The standard InChI is InChI=1S/C52H35N/c1-2-17-40-33-42(30-29-36(40)13-1)41-21-9-22-44(34-41)53(51-28-12-20-39-16-5-8-25-48(39)51)52-35-43(47-26-10-18-37-14-3-6-23-45(37)47)31-32-50(52)49-27-11-19-38-15-4-7-24-46(38)49/h1-35H. The molecule has 0 aromatic heterocycles. The summed E-state index contributed by atoms with van der Waals surface area (Å²) < 4.78 is 0. The molecular weight excluding hydrogens is 639 g/mol. The Morgan fingerprint density at radius 3 is 1.53 bits per heavy atom. The number of benzene rings is 10. The smallest absolute Gasteiger partial charge is 0.0546 e. The first-order chi connectivity index (χ1) is 26.3. The Balaban J connectivity index is 1.28. The van der Waals surface area contributed by atoms with Crippen molar-refractivity contribution in [1.29, 1.82) is 0 Å². The largest absolute Gasteiger partial charge is 0.309 e. The van der Waals surface area contributed by atoms with Gasteiger partial charge in [-0.2, -0.15) is 0 Å². The molecule has 0 fully saturated rings. The van der Waals surface area contributed by atoms with Gasteiger partial charge in [-0.15, -0.1) is 0 Å². The van der Waals surface area contributed by atoms with E-state index < -0.39 is 0 Å². The van der Waals surface area contributed by atoms with E-state index in [0.29, 0.717) is 0 Å². The molecule has 0 unspecified atom stereocenters. The molecule has 0 aliphatic rings.